The molecule has 4 rings (SSSR count). The van der Waals surface area contributed by atoms with Crippen LogP contribution in [0.3, 0.4) is 0 Å². The summed E-state index contributed by atoms with van der Waals surface area (Å²) in [6.07, 6.45) is 6.54. The molecule has 41 heavy (non-hydrogen) atoms. The first-order valence-electron chi connectivity index (χ1n) is 14.4. The van der Waals surface area contributed by atoms with E-state index in [9.17, 15) is 9.90 Å². The molecule has 3 aromatic carbocycles. The number of allylic oxidation sites excluding steroid dienone is 2. The van der Waals surface area contributed by atoms with Gasteiger partial charge >= 0.3 is 0 Å². The third-order valence-electron chi connectivity index (χ3n) is 8.63. The van der Waals surface area contributed by atoms with Gasteiger partial charge in [0, 0.05) is 54.3 Å². The van der Waals surface area contributed by atoms with Gasteiger partial charge in [-0.15, -0.1) is 11.6 Å². The molecule has 0 aliphatic carbocycles. The van der Waals surface area contributed by atoms with Crippen LogP contribution in [-0.2, 0) is 24.9 Å². The number of fused-ring (bicyclic) bond motifs is 2. The van der Waals surface area contributed by atoms with Crippen molar-refractivity contribution in [1.82, 2.24) is 4.98 Å². The fourth-order valence-corrected chi connectivity index (χ4v) is 4.55. The molecule has 1 radical (unpaired) electrons. The molecular formula is C36H44IrNO3-. The standard InChI is InChI=1S/C21H16NO.C15H28O2.Ir/c1-14-7-8-20(15(2)11-14)23-21-19-13-17-6-4-3-5-16(17)12-18(19)9-10-22-21;1-7-14(5,8-2)12(16)11-13(17)15(6,9-3)10-4;/h3-7,9-13H,1-2H3;11,16H,7-10H2,1-6H3;/q-1;;/b;12-11-;. The maximum absolute atomic E-state index is 12.2. The summed E-state index contributed by atoms with van der Waals surface area (Å²) in [6.45, 7) is 16.2. The molecule has 0 atom stereocenters. The number of ether oxygens (including phenoxy) is 1. The predicted molar refractivity (Wildman–Crippen MR) is 167 cm³/mol. The van der Waals surface area contributed by atoms with Gasteiger partial charge in [-0.3, -0.25) is 4.79 Å². The topological polar surface area (TPSA) is 59.4 Å². The van der Waals surface area contributed by atoms with Crippen molar-refractivity contribution in [3.63, 3.8) is 0 Å². The van der Waals surface area contributed by atoms with Crippen LogP contribution >= 0.6 is 0 Å². The molecule has 0 unspecified atom stereocenters. The smallest absolute Gasteiger partial charge is 0.224 e. The van der Waals surface area contributed by atoms with Gasteiger partial charge in [-0.25, -0.2) is 4.98 Å². The zero-order valence-electron chi connectivity index (χ0n) is 25.7. The average Bonchev–Trinajstić information content (AvgIpc) is 2.97. The second kappa shape index (κ2) is 14.8. The van der Waals surface area contributed by atoms with Crippen molar-refractivity contribution in [1.29, 1.82) is 0 Å². The molecule has 1 aromatic heterocycles. The minimum atomic E-state index is -0.337. The fourth-order valence-electron chi connectivity index (χ4n) is 4.55. The molecule has 1 N–H and O–H groups in total. The van der Waals surface area contributed by atoms with Gasteiger partial charge in [0.2, 0.25) is 5.88 Å². The van der Waals surface area contributed by atoms with Gasteiger partial charge in [0.05, 0.1) is 0 Å². The molecule has 4 aromatic rings. The monoisotopic (exact) mass is 731 g/mol. The van der Waals surface area contributed by atoms with E-state index in [2.05, 4.69) is 54.4 Å². The van der Waals surface area contributed by atoms with Crippen LogP contribution in [0.4, 0.5) is 0 Å². The molecule has 5 heteroatoms. The number of pyridine rings is 1. The van der Waals surface area contributed by atoms with E-state index in [1.807, 2.05) is 66.7 Å². The summed E-state index contributed by atoms with van der Waals surface area (Å²) >= 11 is 0. The summed E-state index contributed by atoms with van der Waals surface area (Å²) in [5.74, 6) is 1.63. The van der Waals surface area contributed by atoms with E-state index in [1.54, 1.807) is 6.20 Å². The van der Waals surface area contributed by atoms with Gasteiger partial charge in [0.15, 0.2) is 5.78 Å². The minimum Gasteiger partial charge on any atom is -0.512 e. The molecule has 0 bridgehead atoms. The summed E-state index contributed by atoms with van der Waals surface area (Å²) in [5.41, 5.74) is 1.63. The number of hydrogen-bond acceptors (Lipinski definition) is 4. The van der Waals surface area contributed by atoms with E-state index in [-0.39, 0.29) is 42.5 Å². The Balaban J connectivity index is 0.000000296. The Labute approximate surface area is 259 Å². The summed E-state index contributed by atoms with van der Waals surface area (Å²) in [6, 6.07) is 21.9. The maximum Gasteiger partial charge on any atom is 0.224 e. The van der Waals surface area contributed by atoms with Crippen molar-refractivity contribution >= 4 is 27.3 Å². The molecule has 0 saturated carbocycles. The number of aromatic nitrogens is 1. The number of benzene rings is 3. The molecule has 4 nitrogen and oxygen atoms in total. The first-order chi connectivity index (χ1) is 19.0. The van der Waals surface area contributed by atoms with E-state index in [4.69, 9.17) is 4.74 Å². The first kappa shape index (κ1) is 34.2. The van der Waals surface area contributed by atoms with Gasteiger partial charge in [-0.05, 0) is 60.0 Å². The van der Waals surface area contributed by atoms with Crippen molar-refractivity contribution in [2.75, 3.05) is 0 Å². The second-order valence-electron chi connectivity index (χ2n) is 11.3. The number of aryl methyl sites for hydroxylation is 2. The number of carbonyl (C=O) groups excluding carboxylic acids is 1. The zero-order chi connectivity index (χ0) is 29.5. The minimum absolute atomic E-state index is 0. The van der Waals surface area contributed by atoms with E-state index in [1.165, 1.54) is 22.4 Å². The van der Waals surface area contributed by atoms with Gasteiger partial charge in [0.1, 0.15) is 5.76 Å². The molecule has 0 saturated heterocycles. The molecule has 0 amide bonds. The van der Waals surface area contributed by atoms with Crippen LogP contribution < -0.4 is 4.74 Å². The number of hydrogen-bond donors (Lipinski definition) is 1. The second-order valence-corrected chi connectivity index (χ2v) is 11.3. The Bertz CT molecular complexity index is 1500. The van der Waals surface area contributed by atoms with Crippen LogP contribution in [0, 0.1) is 30.7 Å². The van der Waals surface area contributed by atoms with Crippen LogP contribution in [-0.4, -0.2) is 15.9 Å². The molecule has 0 fully saturated rings. The molecular weight excluding hydrogens is 687 g/mol. The van der Waals surface area contributed by atoms with Crippen LogP contribution in [0.5, 0.6) is 11.6 Å². The van der Waals surface area contributed by atoms with Crippen molar-refractivity contribution in [2.45, 2.75) is 81.1 Å². The first-order valence-corrected chi connectivity index (χ1v) is 14.4. The predicted octanol–water partition coefficient (Wildman–Crippen LogP) is 10.2. The Morgan fingerprint density at radius 1 is 0.902 bits per heavy atom. The van der Waals surface area contributed by atoms with Crippen LogP contribution in [0.25, 0.3) is 21.5 Å². The van der Waals surface area contributed by atoms with Crippen LogP contribution in [0.2, 0.25) is 0 Å². The summed E-state index contributed by atoms with van der Waals surface area (Å²) < 4.78 is 6.06. The molecule has 0 aliphatic heterocycles. The third-order valence-corrected chi connectivity index (χ3v) is 8.63. The van der Waals surface area contributed by atoms with Crippen molar-refractivity contribution < 1.29 is 34.7 Å². The van der Waals surface area contributed by atoms with Crippen molar-refractivity contribution in [3.8, 4) is 11.6 Å². The van der Waals surface area contributed by atoms with Crippen molar-refractivity contribution in [2.24, 2.45) is 10.8 Å². The third kappa shape index (κ3) is 8.05. The Morgan fingerprint density at radius 2 is 1.49 bits per heavy atom. The van der Waals surface area contributed by atoms with E-state index >= 15 is 0 Å². The summed E-state index contributed by atoms with van der Waals surface area (Å²) in [4.78, 5) is 16.6. The normalized spacial score (nSPS) is 12.0. The zero-order valence-corrected chi connectivity index (χ0v) is 28.1. The molecule has 1 heterocycles. The number of aliphatic hydroxyl groups is 1. The number of rotatable bonds is 9. The largest absolute Gasteiger partial charge is 0.512 e. The molecule has 0 spiro atoms. The molecule has 0 aliphatic rings. The Morgan fingerprint density at radius 3 is 2.05 bits per heavy atom. The van der Waals surface area contributed by atoms with Crippen molar-refractivity contribution in [3.05, 3.63) is 89.8 Å². The fraction of sp³-hybridized carbons (Fsp3) is 0.389. The van der Waals surface area contributed by atoms with Crippen LogP contribution in [0.1, 0.15) is 78.4 Å². The SMILES string of the molecule is CCC(C)(CC)C(=O)/C=C(\O)C(C)(CC)CC.Cc1c[c-]c(Oc2nccc3cc4ccccc4cc23)c(C)c1.[Ir]. The van der Waals surface area contributed by atoms with E-state index in [0.29, 0.717) is 5.88 Å². The number of carbonyl (C=O) groups is 1. The van der Waals surface area contributed by atoms with Gasteiger partial charge in [-0.1, -0.05) is 79.7 Å². The number of ketones is 1. The number of aliphatic hydroxyl groups excluding tert-OH is 1. The summed E-state index contributed by atoms with van der Waals surface area (Å²) in [5, 5.41) is 14.7. The van der Waals surface area contributed by atoms with Gasteiger partial charge < -0.3 is 9.84 Å². The quantitative estimate of drug-likeness (QED) is 0.0806. The average molecular weight is 731 g/mol. The van der Waals surface area contributed by atoms with E-state index < -0.39 is 0 Å². The Hall–Kier alpha value is -3.01. The Kier molecular flexibility index (Phi) is 12.3. The molecule has 221 valence electrons. The van der Waals surface area contributed by atoms with Crippen LogP contribution in [0.15, 0.2) is 72.6 Å². The summed E-state index contributed by atoms with van der Waals surface area (Å²) in [7, 11) is 0. The number of nitrogens with zero attached hydrogens (tertiary/aromatic N) is 1. The van der Waals surface area contributed by atoms with Gasteiger partial charge in [-0.2, -0.15) is 17.7 Å². The van der Waals surface area contributed by atoms with E-state index in [0.717, 1.165) is 47.8 Å². The van der Waals surface area contributed by atoms with Gasteiger partial charge in [0.25, 0.3) is 0 Å². The maximum atomic E-state index is 12.2.